The molecule has 0 fully saturated rings. The monoisotopic (exact) mass is 333 g/mol. The van der Waals surface area contributed by atoms with Crippen molar-refractivity contribution < 1.29 is 46.1 Å². The summed E-state index contributed by atoms with van der Waals surface area (Å²) in [5.41, 5.74) is -0.353. The van der Waals surface area contributed by atoms with E-state index in [-0.39, 0.29) is 5.56 Å². The largest absolute Gasteiger partial charge is 0.691 e. The molecule has 1 aromatic carbocycles. The van der Waals surface area contributed by atoms with Gasteiger partial charge in [0.15, 0.2) is 0 Å². The zero-order valence-electron chi connectivity index (χ0n) is 9.80. The third-order valence-electron chi connectivity index (χ3n) is 2.01. The van der Waals surface area contributed by atoms with Gasteiger partial charge in [-0.3, -0.25) is 5.04 Å². The molecule has 0 saturated carbocycles. The first-order chi connectivity index (χ1) is 9.68. The van der Waals surface area contributed by atoms with Crippen molar-refractivity contribution in [3.05, 3.63) is 35.9 Å². The van der Waals surface area contributed by atoms with E-state index < -0.39 is 35.5 Å². The highest BCUT2D eigenvalue weighted by Gasteiger charge is 2.60. The van der Waals surface area contributed by atoms with Crippen LogP contribution in [0.15, 0.2) is 30.3 Å². The second-order valence-electron chi connectivity index (χ2n) is 3.47. The van der Waals surface area contributed by atoms with Crippen molar-refractivity contribution in [3.63, 3.8) is 0 Å². The van der Waals surface area contributed by atoms with E-state index in [1.165, 1.54) is 18.2 Å². The van der Waals surface area contributed by atoms with E-state index in [2.05, 4.69) is 14.1 Å². The standard InChI is InChI=1S/C10H7F5O5S/c11-9(12,13)8(10(14,15)21-20-19-17)18-7(16)6-4-2-1-3-5-6/h1-5,8,17H/p-1. The van der Waals surface area contributed by atoms with Gasteiger partial charge in [-0.05, 0) is 12.1 Å². The number of carbonyl (C=O) groups excluding carboxylic acids is 1. The van der Waals surface area contributed by atoms with Gasteiger partial charge >= 0.3 is 17.4 Å². The summed E-state index contributed by atoms with van der Waals surface area (Å²) in [6.45, 7) is 0. The molecule has 0 amide bonds. The number of ether oxygens (including phenoxy) is 1. The summed E-state index contributed by atoms with van der Waals surface area (Å²) in [5.74, 6) is -1.61. The summed E-state index contributed by atoms with van der Waals surface area (Å²) < 4.78 is 71.2. The maximum absolute atomic E-state index is 13.3. The average molecular weight is 333 g/mol. The van der Waals surface area contributed by atoms with Crippen LogP contribution in [0.3, 0.4) is 0 Å². The molecular weight excluding hydrogens is 327 g/mol. The molecule has 1 rings (SSSR count). The summed E-state index contributed by atoms with van der Waals surface area (Å²) in [5, 5.41) is 7.20. The van der Waals surface area contributed by atoms with Crippen molar-refractivity contribution in [2.24, 2.45) is 0 Å². The Morgan fingerprint density at radius 2 is 1.71 bits per heavy atom. The van der Waals surface area contributed by atoms with Crippen LogP contribution >= 0.6 is 12.0 Å². The number of carbonyl (C=O) groups is 1. The minimum absolute atomic E-state index is 0.353. The lowest BCUT2D eigenvalue weighted by molar-refractivity contribution is -0.777. The van der Waals surface area contributed by atoms with Gasteiger partial charge in [0.2, 0.25) is 0 Å². The molecule has 118 valence electrons. The SMILES string of the molecule is O=C(OC(C(F)(F)F)C(F)(F)SOO[O-])c1ccccc1. The maximum atomic E-state index is 13.3. The summed E-state index contributed by atoms with van der Waals surface area (Å²) in [4.78, 5) is 11.4. The summed E-state index contributed by atoms with van der Waals surface area (Å²) >= 11 is -1.21. The molecule has 0 spiro atoms. The van der Waals surface area contributed by atoms with E-state index in [1.807, 2.05) is 0 Å². The van der Waals surface area contributed by atoms with E-state index in [0.717, 1.165) is 12.1 Å². The van der Waals surface area contributed by atoms with Crippen LogP contribution in [-0.2, 0) is 14.1 Å². The first-order valence-corrected chi connectivity index (χ1v) is 5.77. The van der Waals surface area contributed by atoms with Crippen LogP contribution in [0.1, 0.15) is 10.4 Å². The Labute approximate surface area is 118 Å². The zero-order chi connectivity index (χ0) is 16.1. The number of halogens is 5. The lowest BCUT2D eigenvalue weighted by Gasteiger charge is -2.26. The predicted octanol–water partition coefficient (Wildman–Crippen LogP) is 2.24. The summed E-state index contributed by atoms with van der Waals surface area (Å²) in [7, 11) is 0. The molecule has 0 saturated heterocycles. The van der Waals surface area contributed by atoms with E-state index >= 15 is 0 Å². The van der Waals surface area contributed by atoms with Gasteiger partial charge in [0.1, 0.15) is 12.0 Å². The minimum Gasteiger partial charge on any atom is -0.691 e. The molecule has 0 N–H and O–H groups in total. The van der Waals surface area contributed by atoms with Gasteiger partial charge in [0.05, 0.1) is 5.56 Å². The number of alkyl halides is 5. The van der Waals surface area contributed by atoms with Gasteiger partial charge in [0, 0.05) is 0 Å². The van der Waals surface area contributed by atoms with Crippen molar-refractivity contribution in [3.8, 4) is 0 Å². The van der Waals surface area contributed by atoms with E-state index in [4.69, 9.17) is 0 Å². The third kappa shape index (κ3) is 5.12. The molecule has 0 heterocycles. The normalized spacial score (nSPS) is 13.8. The van der Waals surface area contributed by atoms with Gasteiger partial charge in [-0.15, -0.1) is 0 Å². The van der Waals surface area contributed by atoms with Crippen LogP contribution in [-0.4, -0.2) is 23.5 Å². The Morgan fingerprint density at radius 3 is 2.19 bits per heavy atom. The molecule has 5 nitrogen and oxygen atoms in total. The second kappa shape index (κ2) is 7.02. The second-order valence-corrected chi connectivity index (χ2v) is 4.32. The van der Waals surface area contributed by atoms with Crippen LogP contribution in [0, 0.1) is 0 Å². The van der Waals surface area contributed by atoms with Crippen LogP contribution in [0.2, 0.25) is 0 Å². The van der Waals surface area contributed by atoms with Crippen molar-refractivity contribution in [2.45, 2.75) is 17.5 Å². The fraction of sp³-hybridized carbons (Fsp3) is 0.300. The highest BCUT2D eigenvalue weighted by atomic mass is 32.2. The molecule has 0 aliphatic carbocycles. The summed E-state index contributed by atoms with van der Waals surface area (Å²) in [6.07, 6.45) is -9.41. The number of hydrogen-bond acceptors (Lipinski definition) is 6. The van der Waals surface area contributed by atoms with Gasteiger partial charge in [0.25, 0.3) is 6.10 Å². The summed E-state index contributed by atoms with van der Waals surface area (Å²) in [6, 6.07) is 6.24. The quantitative estimate of drug-likeness (QED) is 0.261. The number of benzene rings is 1. The number of rotatable bonds is 6. The van der Waals surface area contributed by atoms with Gasteiger partial charge < -0.3 is 9.99 Å². The molecule has 0 aliphatic rings. The van der Waals surface area contributed by atoms with Gasteiger partial charge in [-0.1, -0.05) is 18.2 Å². The molecule has 0 aliphatic heterocycles. The first-order valence-electron chi connectivity index (χ1n) is 5.03. The lowest BCUT2D eigenvalue weighted by Crippen LogP contribution is -2.46. The average Bonchev–Trinajstić information content (AvgIpc) is 2.42. The smallest absolute Gasteiger partial charge is 0.432 e. The third-order valence-corrected chi connectivity index (χ3v) is 2.57. The van der Waals surface area contributed by atoms with Crippen molar-refractivity contribution >= 4 is 18.0 Å². The highest BCUT2D eigenvalue weighted by Crippen LogP contribution is 2.42. The Kier molecular flexibility index (Phi) is 5.89. The van der Waals surface area contributed by atoms with Crippen molar-refractivity contribution in [2.75, 3.05) is 0 Å². The fourth-order valence-corrected chi connectivity index (χ4v) is 1.57. The Morgan fingerprint density at radius 1 is 1.14 bits per heavy atom. The number of hydrogen-bond donors (Lipinski definition) is 0. The lowest BCUT2D eigenvalue weighted by atomic mass is 10.2. The fourth-order valence-electron chi connectivity index (χ4n) is 1.18. The molecular formula is C10H6F5O5S-. The van der Waals surface area contributed by atoms with Crippen LogP contribution in [0.25, 0.3) is 0 Å². The molecule has 0 radical (unpaired) electrons. The van der Waals surface area contributed by atoms with Gasteiger partial charge in [-0.2, -0.15) is 26.3 Å². The Hall–Kier alpha value is -1.43. The van der Waals surface area contributed by atoms with Crippen molar-refractivity contribution in [1.82, 2.24) is 0 Å². The molecule has 0 bridgehead atoms. The Balaban J connectivity index is 2.92. The molecule has 11 heteroatoms. The van der Waals surface area contributed by atoms with Crippen LogP contribution < -0.4 is 5.26 Å². The van der Waals surface area contributed by atoms with Crippen LogP contribution in [0.5, 0.6) is 0 Å². The molecule has 21 heavy (non-hydrogen) atoms. The topological polar surface area (TPSA) is 67.8 Å². The van der Waals surface area contributed by atoms with E-state index in [0.29, 0.717) is 0 Å². The molecule has 1 aromatic rings. The van der Waals surface area contributed by atoms with Crippen LogP contribution in [0.4, 0.5) is 22.0 Å². The van der Waals surface area contributed by atoms with Crippen molar-refractivity contribution in [1.29, 1.82) is 0 Å². The first kappa shape index (κ1) is 17.6. The minimum atomic E-state index is -5.59. The van der Waals surface area contributed by atoms with E-state index in [1.54, 1.807) is 0 Å². The predicted molar refractivity (Wildman–Crippen MR) is 56.4 cm³/mol. The Bertz CT molecular complexity index is 467. The molecule has 0 aromatic heterocycles. The van der Waals surface area contributed by atoms with Gasteiger partial charge in [-0.25, -0.2) is 4.79 Å². The number of esters is 1. The maximum Gasteiger partial charge on any atom is 0.432 e. The highest BCUT2D eigenvalue weighted by molar-refractivity contribution is 7.95. The molecule has 1 unspecified atom stereocenters. The van der Waals surface area contributed by atoms with E-state index in [9.17, 15) is 32.0 Å². The molecule has 1 atom stereocenters. The zero-order valence-corrected chi connectivity index (χ0v) is 10.6.